The molecule has 33 heavy (non-hydrogen) atoms. The molecule has 0 bridgehead atoms. The molecule has 2 heterocycles. The predicted octanol–water partition coefficient (Wildman–Crippen LogP) is 3.24. The molecule has 8 nitrogen and oxygen atoms in total. The molecule has 2 saturated carbocycles. The minimum Gasteiger partial charge on any atom is -0.495 e. The van der Waals surface area contributed by atoms with Gasteiger partial charge in [0.25, 0.3) is 5.91 Å². The molecule has 2 aromatic rings. The Kier molecular flexibility index (Phi) is 6.29. The average molecular weight is 472 g/mol. The maximum absolute atomic E-state index is 13.1. The zero-order valence-corrected chi connectivity index (χ0v) is 19.5. The summed E-state index contributed by atoms with van der Waals surface area (Å²) in [5.74, 6) is 3.13. The van der Waals surface area contributed by atoms with Crippen LogP contribution in [0.1, 0.15) is 48.0 Å². The van der Waals surface area contributed by atoms with Crippen LogP contribution in [0.4, 0.5) is 11.8 Å². The van der Waals surface area contributed by atoms with Gasteiger partial charge >= 0.3 is 0 Å². The smallest absolute Gasteiger partial charge is 0.256 e. The highest BCUT2D eigenvalue weighted by Crippen LogP contribution is 2.45. The summed E-state index contributed by atoms with van der Waals surface area (Å²) in [4.78, 5) is 24.6. The lowest BCUT2D eigenvalue weighted by molar-refractivity contribution is 0.0867. The molecule has 2 aliphatic carbocycles. The van der Waals surface area contributed by atoms with E-state index in [2.05, 4.69) is 20.5 Å². The van der Waals surface area contributed by atoms with Gasteiger partial charge in [0.15, 0.2) is 0 Å². The summed E-state index contributed by atoms with van der Waals surface area (Å²) in [7, 11) is 1.59. The number of nitrogens with one attached hydrogen (secondary N) is 2. The van der Waals surface area contributed by atoms with E-state index in [1.54, 1.807) is 13.3 Å². The van der Waals surface area contributed by atoms with Crippen molar-refractivity contribution < 1.29 is 14.6 Å². The van der Waals surface area contributed by atoms with Crippen LogP contribution in [-0.2, 0) is 6.54 Å². The first kappa shape index (κ1) is 22.2. The van der Waals surface area contributed by atoms with Gasteiger partial charge in [0.1, 0.15) is 17.1 Å². The molecule has 1 amide bonds. The van der Waals surface area contributed by atoms with Gasteiger partial charge in [-0.3, -0.25) is 4.79 Å². The Morgan fingerprint density at radius 2 is 2.00 bits per heavy atom. The van der Waals surface area contributed by atoms with Gasteiger partial charge < -0.3 is 25.4 Å². The van der Waals surface area contributed by atoms with Crippen molar-refractivity contribution in [2.24, 2.45) is 11.8 Å². The van der Waals surface area contributed by atoms with Crippen molar-refractivity contribution in [1.82, 2.24) is 15.3 Å². The van der Waals surface area contributed by atoms with E-state index in [9.17, 15) is 9.90 Å². The highest BCUT2D eigenvalue weighted by molar-refractivity contribution is 6.32. The van der Waals surface area contributed by atoms with Gasteiger partial charge in [0.05, 0.1) is 18.2 Å². The first-order valence-electron chi connectivity index (χ1n) is 11.7. The molecule has 3 aliphatic rings. The third-order valence-corrected chi connectivity index (χ3v) is 7.29. The number of aliphatic hydroxyl groups is 1. The van der Waals surface area contributed by atoms with Crippen LogP contribution in [0.15, 0.2) is 24.4 Å². The van der Waals surface area contributed by atoms with Crippen LogP contribution in [0.3, 0.4) is 0 Å². The van der Waals surface area contributed by atoms with E-state index < -0.39 is 0 Å². The fourth-order valence-corrected chi connectivity index (χ4v) is 5.16. The number of aliphatic hydroxyl groups excluding tert-OH is 1. The Bertz CT molecular complexity index is 1020. The van der Waals surface area contributed by atoms with Crippen molar-refractivity contribution in [2.75, 3.05) is 30.4 Å². The molecule has 1 aromatic heterocycles. The van der Waals surface area contributed by atoms with Crippen molar-refractivity contribution in [3.63, 3.8) is 0 Å². The van der Waals surface area contributed by atoms with E-state index in [0.29, 0.717) is 47.5 Å². The van der Waals surface area contributed by atoms with Crippen LogP contribution in [0.2, 0.25) is 5.02 Å². The molecule has 9 heteroatoms. The number of carbonyl (C=O) groups excluding carboxylic acids is 1. The van der Waals surface area contributed by atoms with E-state index in [4.69, 9.17) is 21.3 Å². The second-order valence-corrected chi connectivity index (χ2v) is 9.80. The number of anilines is 2. The van der Waals surface area contributed by atoms with Crippen LogP contribution in [0.5, 0.6) is 5.75 Å². The molecule has 3 N–H and O–H groups in total. The summed E-state index contributed by atoms with van der Waals surface area (Å²) in [6, 6.07) is 5.66. The number of halogens is 1. The fourth-order valence-electron chi connectivity index (χ4n) is 4.88. The average Bonchev–Trinajstić information content (AvgIpc) is 3.43. The molecule has 0 unspecified atom stereocenters. The molecule has 1 aliphatic heterocycles. The van der Waals surface area contributed by atoms with Gasteiger partial charge in [-0.15, -0.1) is 0 Å². The zero-order valence-electron chi connectivity index (χ0n) is 18.8. The van der Waals surface area contributed by atoms with Gasteiger partial charge in [-0.05, 0) is 61.6 Å². The van der Waals surface area contributed by atoms with Gasteiger partial charge in [-0.1, -0.05) is 17.7 Å². The highest BCUT2D eigenvalue weighted by atomic mass is 35.5. The number of amides is 1. The fraction of sp³-hybridized carbons (Fsp3) is 0.542. The molecule has 2 atom stereocenters. The largest absolute Gasteiger partial charge is 0.495 e. The summed E-state index contributed by atoms with van der Waals surface area (Å²) in [6.07, 6.45) is 5.63. The SMILES string of the molecule is COc1ccc(CNc2nc(N3C[C@@H]4C[C@H]4C3)ncc2C(=O)NC2CCC(O)CC2)cc1Cl. The Morgan fingerprint density at radius 3 is 2.70 bits per heavy atom. The summed E-state index contributed by atoms with van der Waals surface area (Å²) in [6.45, 7) is 2.42. The number of benzene rings is 1. The lowest BCUT2D eigenvalue weighted by Gasteiger charge is -2.26. The lowest BCUT2D eigenvalue weighted by Crippen LogP contribution is -2.39. The number of carbonyl (C=O) groups is 1. The standard InChI is InChI=1S/C24H30ClN5O3/c1-33-21-7-2-14(8-20(21)25)10-26-22-19(23(32)28-17-3-5-18(31)6-4-17)11-27-24(29-22)30-12-15-9-16(15)13-30/h2,7-8,11,15-18,31H,3-6,9-10,12-13H2,1H3,(H,28,32)(H,26,27,29)/t15-,16-,17?,18?/m0/s1. The quantitative estimate of drug-likeness (QED) is 0.570. The summed E-state index contributed by atoms with van der Waals surface area (Å²) < 4.78 is 5.23. The number of hydrogen-bond acceptors (Lipinski definition) is 7. The normalized spacial score (nSPS) is 26.0. The van der Waals surface area contributed by atoms with E-state index >= 15 is 0 Å². The summed E-state index contributed by atoms with van der Waals surface area (Å²) in [5, 5.41) is 16.7. The third-order valence-electron chi connectivity index (χ3n) is 6.99. The van der Waals surface area contributed by atoms with Crippen molar-refractivity contribution in [2.45, 2.75) is 50.8 Å². The van der Waals surface area contributed by atoms with Crippen molar-refractivity contribution in [3.8, 4) is 5.75 Å². The highest BCUT2D eigenvalue weighted by Gasteiger charge is 2.46. The Hall–Kier alpha value is -2.58. The number of hydrogen-bond donors (Lipinski definition) is 3. The second kappa shape index (κ2) is 9.35. The minimum atomic E-state index is -0.263. The van der Waals surface area contributed by atoms with Gasteiger partial charge in [-0.25, -0.2) is 4.98 Å². The molecule has 5 rings (SSSR count). The first-order valence-corrected chi connectivity index (χ1v) is 12.0. The second-order valence-electron chi connectivity index (χ2n) is 9.39. The van der Waals surface area contributed by atoms with Crippen LogP contribution in [0, 0.1) is 11.8 Å². The Labute approximate surface area is 198 Å². The van der Waals surface area contributed by atoms with Crippen molar-refractivity contribution >= 4 is 29.3 Å². The molecule has 1 saturated heterocycles. The van der Waals surface area contributed by atoms with E-state index in [1.807, 2.05) is 18.2 Å². The molecule has 3 fully saturated rings. The van der Waals surface area contributed by atoms with Gasteiger partial charge in [0.2, 0.25) is 5.95 Å². The van der Waals surface area contributed by atoms with E-state index in [0.717, 1.165) is 43.3 Å². The van der Waals surface area contributed by atoms with Crippen molar-refractivity contribution in [3.05, 3.63) is 40.5 Å². The molecular formula is C24H30ClN5O3. The van der Waals surface area contributed by atoms with Gasteiger partial charge in [-0.2, -0.15) is 4.98 Å². The van der Waals surface area contributed by atoms with Crippen LogP contribution < -0.4 is 20.3 Å². The minimum absolute atomic E-state index is 0.0551. The number of piperidine rings is 1. The molecule has 176 valence electrons. The van der Waals surface area contributed by atoms with Crippen LogP contribution in [-0.4, -0.2) is 53.3 Å². The van der Waals surface area contributed by atoms with E-state index in [-0.39, 0.29) is 18.1 Å². The summed E-state index contributed by atoms with van der Waals surface area (Å²) in [5.41, 5.74) is 1.38. The van der Waals surface area contributed by atoms with Crippen molar-refractivity contribution in [1.29, 1.82) is 0 Å². The molecule has 0 spiro atoms. The zero-order chi connectivity index (χ0) is 22.9. The van der Waals surface area contributed by atoms with E-state index in [1.165, 1.54) is 6.42 Å². The van der Waals surface area contributed by atoms with Crippen LogP contribution in [0.25, 0.3) is 0 Å². The summed E-state index contributed by atoms with van der Waals surface area (Å²) >= 11 is 6.27. The number of ether oxygens (including phenoxy) is 1. The molecule has 0 radical (unpaired) electrons. The monoisotopic (exact) mass is 471 g/mol. The third kappa shape index (κ3) is 5.01. The molecule has 1 aromatic carbocycles. The number of aromatic nitrogens is 2. The maximum atomic E-state index is 13.1. The first-order chi connectivity index (χ1) is 16.0. The lowest BCUT2D eigenvalue weighted by atomic mass is 9.93. The maximum Gasteiger partial charge on any atom is 0.256 e. The predicted molar refractivity (Wildman–Crippen MR) is 127 cm³/mol. The van der Waals surface area contributed by atoms with Crippen LogP contribution >= 0.6 is 11.6 Å². The number of rotatable bonds is 7. The Morgan fingerprint density at radius 1 is 1.24 bits per heavy atom. The number of nitrogens with zero attached hydrogens (tertiary/aromatic N) is 3. The number of methoxy groups -OCH3 is 1. The topological polar surface area (TPSA) is 99.6 Å². The Balaban J connectivity index is 1.34. The van der Waals surface area contributed by atoms with Gasteiger partial charge in [0, 0.05) is 31.9 Å². The molecular weight excluding hydrogens is 442 g/mol. The number of fused-ring (bicyclic) bond motifs is 1.